The van der Waals surface area contributed by atoms with Crippen LogP contribution in [0.15, 0.2) is 24.3 Å². The van der Waals surface area contributed by atoms with Gasteiger partial charge in [0.2, 0.25) is 0 Å². The Labute approximate surface area is 95.5 Å². The molecule has 1 heterocycles. The quantitative estimate of drug-likeness (QED) is 0.802. The zero-order chi connectivity index (χ0) is 11.5. The molecule has 2 N–H and O–H groups in total. The molecule has 0 unspecified atom stereocenters. The van der Waals surface area contributed by atoms with Crippen LogP contribution in [-0.4, -0.2) is 23.7 Å². The fraction of sp³-hybridized carbons (Fsp3) is 0.462. The lowest BCUT2D eigenvalue weighted by Crippen LogP contribution is -2.34. The summed E-state index contributed by atoms with van der Waals surface area (Å²) in [6, 6.07) is 7.86. The van der Waals surface area contributed by atoms with E-state index in [2.05, 4.69) is 12.2 Å². The molecular weight excluding hydrogens is 202 g/mol. The first-order valence-corrected chi connectivity index (χ1v) is 5.73. The van der Waals surface area contributed by atoms with E-state index in [0.717, 1.165) is 24.9 Å². The van der Waals surface area contributed by atoms with Gasteiger partial charge in [-0.15, -0.1) is 0 Å². The molecule has 86 valence electrons. The first-order chi connectivity index (χ1) is 7.66. The molecule has 1 aliphatic rings. The van der Waals surface area contributed by atoms with E-state index in [-0.39, 0.29) is 0 Å². The number of hydrogen-bond acceptors (Lipinski definition) is 2. The third-order valence-corrected chi connectivity index (χ3v) is 3.23. The van der Waals surface area contributed by atoms with Crippen LogP contribution in [0.3, 0.4) is 0 Å². The normalized spacial score (nSPS) is 25.3. The lowest BCUT2D eigenvalue weighted by atomic mass is 9.86. The van der Waals surface area contributed by atoms with E-state index in [4.69, 9.17) is 5.11 Å². The lowest BCUT2D eigenvalue weighted by molar-refractivity contribution is 0.0696. The van der Waals surface area contributed by atoms with Gasteiger partial charge in [0.1, 0.15) is 0 Å². The highest BCUT2D eigenvalue weighted by Gasteiger charge is 2.20. The second-order valence-electron chi connectivity index (χ2n) is 4.51. The maximum absolute atomic E-state index is 10.9. The van der Waals surface area contributed by atoms with Crippen LogP contribution >= 0.6 is 0 Å². The van der Waals surface area contributed by atoms with Crippen molar-refractivity contribution in [1.82, 2.24) is 5.32 Å². The summed E-state index contributed by atoms with van der Waals surface area (Å²) in [6.45, 7) is 3.19. The highest BCUT2D eigenvalue weighted by Crippen LogP contribution is 2.28. The molecule has 3 heteroatoms. The maximum atomic E-state index is 10.9. The van der Waals surface area contributed by atoms with Gasteiger partial charge in [0.25, 0.3) is 0 Å². The number of nitrogens with one attached hydrogen (secondary N) is 1. The molecule has 1 fully saturated rings. The molecule has 0 saturated carbocycles. The number of carboxylic acid groups (broad SMARTS) is 1. The van der Waals surface area contributed by atoms with Crippen molar-refractivity contribution in [2.24, 2.45) is 0 Å². The van der Waals surface area contributed by atoms with Crippen LogP contribution in [0.4, 0.5) is 0 Å². The Morgan fingerprint density at radius 2 is 2.31 bits per heavy atom. The van der Waals surface area contributed by atoms with E-state index in [0.29, 0.717) is 17.5 Å². The van der Waals surface area contributed by atoms with Crippen molar-refractivity contribution in [2.45, 2.75) is 31.7 Å². The fourth-order valence-electron chi connectivity index (χ4n) is 2.36. The molecule has 16 heavy (non-hydrogen) atoms. The Hall–Kier alpha value is -1.35. The smallest absolute Gasteiger partial charge is 0.335 e. The molecule has 0 bridgehead atoms. The number of carboxylic acids is 1. The van der Waals surface area contributed by atoms with Crippen LogP contribution < -0.4 is 5.32 Å². The van der Waals surface area contributed by atoms with Gasteiger partial charge in [0.05, 0.1) is 5.56 Å². The summed E-state index contributed by atoms with van der Waals surface area (Å²) in [5.74, 6) is -0.348. The first-order valence-electron chi connectivity index (χ1n) is 5.73. The minimum absolute atomic E-state index is 0.392. The van der Waals surface area contributed by atoms with Gasteiger partial charge >= 0.3 is 5.97 Å². The summed E-state index contributed by atoms with van der Waals surface area (Å²) in [7, 11) is 0. The number of hydrogen-bond donors (Lipinski definition) is 2. The fourth-order valence-corrected chi connectivity index (χ4v) is 2.36. The van der Waals surface area contributed by atoms with E-state index >= 15 is 0 Å². The largest absolute Gasteiger partial charge is 0.478 e. The molecule has 0 aliphatic carbocycles. The molecule has 2 rings (SSSR count). The summed E-state index contributed by atoms with van der Waals surface area (Å²) in [4.78, 5) is 10.9. The highest BCUT2D eigenvalue weighted by atomic mass is 16.4. The highest BCUT2D eigenvalue weighted by molar-refractivity contribution is 5.87. The Morgan fingerprint density at radius 1 is 1.50 bits per heavy atom. The standard InChI is InChI=1S/C13H17NO2/c1-9-7-11(5-6-14-9)10-3-2-4-12(8-10)13(15)16/h2-4,8-9,11,14H,5-7H2,1H3,(H,15,16)/t9-,11+/m0/s1. The van der Waals surface area contributed by atoms with Crippen LogP contribution in [0.5, 0.6) is 0 Å². The van der Waals surface area contributed by atoms with E-state index in [1.54, 1.807) is 6.07 Å². The van der Waals surface area contributed by atoms with Gasteiger partial charge in [-0.2, -0.15) is 0 Å². The Kier molecular flexibility index (Phi) is 3.25. The van der Waals surface area contributed by atoms with Crippen molar-refractivity contribution in [3.63, 3.8) is 0 Å². The number of piperidine rings is 1. The van der Waals surface area contributed by atoms with Gasteiger partial charge in [0.15, 0.2) is 0 Å². The van der Waals surface area contributed by atoms with Gasteiger partial charge in [-0.3, -0.25) is 0 Å². The van der Waals surface area contributed by atoms with Crippen molar-refractivity contribution in [2.75, 3.05) is 6.54 Å². The number of carbonyl (C=O) groups is 1. The zero-order valence-corrected chi connectivity index (χ0v) is 9.44. The minimum atomic E-state index is -0.844. The van der Waals surface area contributed by atoms with Gasteiger partial charge in [-0.25, -0.2) is 4.79 Å². The molecule has 1 aromatic rings. The summed E-state index contributed by atoms with van der Waals surface area (Å²) >= 11 is 0. The van der Waals surface area contributed by atoms with E-state index < -0.39 is 5.97 Å². The molecule has 0 spiro atoms. The number of rotatable bonds is 2. The van der Waals surface area contributed by atoms with Crippen molar-refractivity contribution < 1.29 is 9.90 Å². The Bertz CT molecular complexity index is 389. The minimum Gasteiger partial charge on any atom is -0.478 e. The summed E-state index contributed by atoms with van der Waals surface area (Å²) in [5, 5.41) is 12.4. The maximum Gasteiger partial charge on any atom is 0.335 e. The van der Waals surface area contributed by atoms with Crippen LogP contribution in [0.25, 0.3) is 0 Å². The van der Waals surface area contributed by atoms with Crippen LogP contribution in [0.2, 0.25) is 0 Å². The monoisotopic (exact) mass is 219 g/mol. The third-order valence-electron chi connectivity index (χ3n) is 3.23. The van der Waals surface area contributed by atoms with Crippen LogP contribution in [-0.2, 0) is 0 Å². The van der Waals surface area contributed by atoms with Crippen molar-refractivity contribution in [3.8, 4) is 0 Å². The summed E-state index contributed by atoms with van der Waals surface area (Å²) in [6.07, 6.45) is 2.18. The lowest BCUT2D eigenvalue weighted by Gasteiger charge is -2.28. The molecule has 0 radical (unpaired) electrons. The van der Waals surface area contributed by atoms with E-state index in [1.165, 1.54) is 0 Å². The number of aromatic carboxylic acids is 1. The van der Waals surface area contributed by atoms with Gasteiger partial charge < -0.3 is 10.4 Å². The second kappa shape index (κ2) is 4.66. The van der Waals surface area contributed by atoms with Gasteiger partial charge in [-0.05, 0) is 49.9 Å². The van der Waals surface area contributed by atoms with Crippen LogP contribution in [0, 0.1) is 0 Å². The summed E-state index contributed by atoms with van der Waals surface area (Å²) in [5.41, 5.74) is 1.55. The molecular formula is C13H17NO2. The Balaban J connectivity index is 2.19. The predicted octanol–water partition coefficient (Wildman–Crippen LogP) is 2.24. The topological polar surface area (TPSA) is 49.3 Å². The summed E-state index contributed by atoms with van der Waals surface area (Å²) < 4.78 is 0. The van der Waals surface area contributed by atoms with E-state index in [9.17, 15) is 4.79 Å². The second-order valence-corrected chi connectivity index (χ2v) is 4.51. The van der Waals surface area contributed by atoms with E-state index in [1.807, 2.05) is 18.2 Å². The Morgan fingerprint density at radius 3 is 3.00 bits per heavy atom. The molecule has 3 nitrogen and oxygen atoms in total. The molecule has 1 aliphatic heterocycles. The molecule has 0 amide bonds. The zero-order valence-electron chi connectivity index (χ0n) is 9.44. The SMILES string of the molecule is C[C@H]1C[C@H](c2cccc(C(=O)O)c2)CCN1. The average Bonchev–Trinajstić information content (AvgIpc) is 2.29. The molecule has 2 atom stereocenters. The molecule has 1 aromatic carbocycles. The molecule has 0 aromatic heterocycles. The van der Waals surface area contributed by atoms with Crippen molar-refractivity contribution in [1.29, 1.82) is 0 Å². The van der Waals surface area contributed by atoms with Crippen LogP contribution in [0.1, 0.15) is 41.6 Å². The third kappa shape index (κ3) is 2.42. The van der Waals surface area contributed by atoms with Crippen molar-refractivity contribution in [3.05, 3.63) is 35.4 Å². The molecule has 1 saturated heterocycles. The van der Waals surface area contributed by atoms with Gasteiger partial charge in [0, 0.05) is 6.04 Å². The number of benzene rings is 1. The van der Waals surface area contributed by atoms with Crippen molar-refractivity contribution >= 4 is 5.97 Å². The predicted molar refractivity (Wildman–Crippen MR) is 62.8 cm³/mol. The van der Waals surface area contributed by atoms with Gasteiger partial charge in [-0.1, -0.05) is 12.1 Å². The average molecular weight is 219 g/mol. The first kappa shape index (κ1) is 11.1.